The van der Waals surface area contributed by atoms with Gasteiger partial charge in [-0.15, -0.1) is 0 Å². The highest BCUT2D eigenvalue weighted by molar-refractivity contribution is 9.10. The Labute approximate surface area is 220 Å². The van der Waals surface area contributed by atoms with Crippen LogP contribution >= 0.6 is 39.1 Å². The van der Waals surface area contributed by atoms with Crippen molar-refractivity contribution in [3.63, 3.8) is 0 Å². The van der Waals surface area contributed by atoms with Crippen LogP contribution in [0.5, 0.6) is 0 Å². The van der Waals surface area contributed by atoms with E-state index in [4.69, 9.17) is 33.4 Å². The zero-order chi connectivity index (χ0) is 27.7. The van der Waals surface area contributed by atoms with Crippen molar-refractivity contribution < 1.29 is 24.5 Å². The number of carbonyl (C=O) groups is 1. The van der Waals surface area contributed by atoms with E-state index < -0.39 is 36.0 Å². The molecule has 1 fully saturated rings. The molecule has 1 atom stereocenters. The summed E-state index contributed by atoms with van der Waals surface area (Å²) < 4.78 is 55.9. The van der Waals surface area contributed by atoms with Crippen LogP contribution in [0, 0.1) is 11.2 Å². The third kappa shape index (κ3) is 4.03. The van der Waals surface area contributed by atoms with Crippen LogP contribution < -0.4 is 0 Å². The molecule has 1 amide bonds. The Bertz CT molecular complexity index is 1420. The van der Waals surface area contributed by atoms with E-state index in [9.17, 15) is 9.90 Å². The van der Waals surface area contributed by atoms with Crippen molar-refractivity contribution in [2.75, 3.05) is 13.1 Å². The van der Waals surface area contributed by atoms with Gasteiger partial charge in [0, 0.05) is 26.7 Å². The summed E-state index contributed by atoms with van der Waals surface area (Å²) in [6, 6.07) is 11.6. The lowest BCUT2D eigenvalue weighted by Crippen LogP contribution is -2.48. The van der Waals surface area contributed by atoms with Gasteiger partial charge in [0.05, 0.1) is 47.0 Å². The topological polar surface area (TPSA) is 62.7 Å². The molecule has 9 heteroatoms. The van der Waals surface area contributed by atoms with Crippen LogP contribution in [-0.2, 0) is 17.0 Å². The van der Waals surface area contributed by atoms with Gasteiger partial charge in [0.1, 0.15) is 5.82 Å². The Kier molecular flexibility index (Phi) is 5.01. The predicted molar refractivity (Wildman–Crippen MR) is 130 cm³/mol. The second-order valence-corrected chi connectivity index (χ2v) is 10.0. The van der Waals surface area contributed by atoms with E-state index in [0.29, 0.717) is 15.7 Å². The second-order valence-electron chi connectivity index (χ2n) is 8.22. The zero-order valence-corrected chi connectivity index (χ0v) is 20.6. The van der Waals surface area contributed by atoms with Gasteiger partial charge >= 0.3 is 0 Å². The predicted octanol–water partition coefficient (Wildman–Crippen LogP) is 5.94. The highest BCUT2D eigenvalue weighted by Gasteiger charge is 2.56. The molecule has 1 aromatic heterocycles. The average molecular weight is 570 g/mol. The molecular formula is C25H20BrCl2FN2O3. The molecule has 1 aliphatic heterocycles. The molecule has 0 radical (unpaired) electrons. The summed E-state index contributed by atoms with van der Waals surface area (Å²) in [5.41, 5.74) is -3.96. The van der Waals surface area contributed by atoms with E-state index >= 15 is 4.39 Å². The van der Waals surface area contributed by atoms with Crippen LogP contribution in [0.15, 0.2) is 59.2 Å². The van der Waals surface area contributed by atoms with Crippen molar-refractivity contribution in [1.29, 1.82) is 0 Å². The number of ether oxygens (including phenoxy) is 1. The first-order chi connectivity index (χ1) is 17.7. The minimum Gasteiger partial charge on any atom is -0.396 e. The minimum atomic E-state index is -2.95. The number of pyridine rings is 1. The Morgan fingerprint density at radius 2 is 1.88 bits per heavy atom. The van der Waals surface area contributed by atoms with Gasteiger partial charge in [-0.3, -0.25) is 14.7 Å². The van der Waals surface area contributed by atoms with E-state index in [1.165, 1.54) is 36.5 Å². The monoisotopic (exact) mass is 568 g/mol. The number of benzene rings is 2. The molecule has 3 aromatic rings. The molecule has 0 bridgehead atoms. The highest BCUT2D eigenvalue weighted by Crippen LogP contribution is 2.52. The van der Waals surface area contributed by atoms with Crippen LogP contribution in [0.4, 0.5) is 4.39 Å². The quantitative estimate of drug-likeness (QED) is 0.383. The van der Waals surface area contributed by atoms with E-state index in [0.717, 1.165) is 11.0 Å². The summed E-state index contributed by atoms with van der Waals surface area (Å²) in [5, 5.41) is 11.0. The van der Waals surface area contributed by atoms with Crippen molar-refractivity contribution in [3.05, 3.63) is 97.4 Å². The summed E-state index contributed by atoms with van der Waals surface area (Å²) in [6.45, 7) is -6.05. The SMILES string of the molecule is [2H]C([2H])(O)C1(C([2H])([2H])OC2(c3ccc(Cl)cc3)c3c(F)cc(Br)cc3C(=O)N2Cc2ccc(Cl)cn2)CC1. The van der Waals surface area contributed by atoms with E-state index in [-0.39, 0.29) is 40.5 Å². The smallest absolute Gasteiger partial charge is 0.257 e. The number of amides is 1. The number of hydrogen-bond donors (Lipinski definition) is 1. The summed E-state index contributed by atoms with van der Waals surface area (Å²) in [5.74, 6) is -1.52. The number of rotatable bonds is 7. The first-order valence-corrected chi connectivity index (χ1v) is 11.9. The lowest BCUT2D eigenvalue weighted by Gasteiger charge is -2.40. The van der Waals surface area contributed by atoms with Gasteiger partial charge in [-0.05, 0) is 49.2 Å². The van der Waals surface area contributed by atoms with Gasteiger partial charge in [-0.1, -0.05) is 51.3 Å². The molecule has 0 saturated heterocycles. The average Bonchev–Trinajstić information content (AvgIpc) is 3.62. The highest BCUT2D eigenvalue weighted by atomic mass is 79.9. The molecule has 1 saturated carbocycles. The Hall–Kier alpha value is -2.03. The maximum absolute atomic E-state index is 15.9. The number of aliphatic hydroxyl groups is 1. The van der Waals surface area contributed by atoms with Crippen LogP contribution in [0.25, 0.3) is 0 Å². The van der Waals surface area contributed by atoms with Crippen LogP contribution in [0.3, 0.4) is 0 Å². The molecular weight excluding hydrogens is 546 g/mol. The van der Waals surface area contributed by atoms with Gasteiger partial charge in [0.15, 0.2) is 5.72 Å². The minimum absolute atomic E-state index is 0.0252. The van der Waals surface area contributed by atoms with E-state index in [2.05, 4.69) is 20.9 Å². The third-order valence-electron chi connectivity index (χ3n) is 5.95. The fraction of sp³-hybridized carbons (Fsp3) is 0.280. The Morgan fingerprint density at radius 3 is 2.50 bits per heavy atom. The Balaban J connectivity index is 1.78. The van der Waals surface area contributed by atoms with Gasteiger partial charge in [0.25, 0.3) is 5.91 Å². The number of nitrogens with zero attached hydrogens (tertiary/aromatic N) is 2. The first-order valence-electron chi connectivity index (χ1n) is 12.3. The van der Waals surface area contributed by atoms with Gasteiger partial charge in [-0.25, -0.2) is 4.39 Å². The standard InChI is InChI=1S/C25H20BrCl2FN2O3/c26-16-9-20-22(21(29)10-16)25(15-1-3-17(27)4-2-15,34-14-24(13-32)7-8-24)31(23(20)33)12-19-6-5-18(28)11-30-19/h1-6,9-11,32H,7-8,12-14H2/i13D2,14D2. The van der Waals surface area contributed by atoms with Gasteiger partial charge in [0.2, 0.25) is 0 Å². The zero-order valence-electron chi connectivity index (χ0n) is 21.5. The Morgan fingerprint density at radius 1 is 1.18 bits per heavy atom. The number of hydrogen-bond acceptors (Lipinski definition) is 4. The van der Waals surface area contributed by atoms with Gasteiger partial charge in [-0.2, -0.15) is 0 Å². The summed E-state index contributed by atoms with van der Waals surface area (Å²) in [7, 11) is 0. The van der Waals surface area contributed by atoms with E-state index in [1.807, 2.05) is 0 Å². The lowest BCUT2D eigenvalue weighted by molar-refractivity contribution is -0.130. The largest absolute Gasteiger partial charge is 0.396 e. The fourth-order valence-electron chi connectivity index (χ4n) is 4.03. The summed E-state index contributed by atoms with van der Waals surface area (Å²) >= 11 is 15.3. The molecule has 34 heavy (non-hydrogen) atoms. The van der Waals surface area contributed by atoms with Crippen molar-refractivity contribution in [3.8, 4) is 0 Å². The van der Waals surface area contributed by atoms with E-state index in [1.54, 1.807) is 12.1 Å². The number of fused-ring (bicyclic) bond motifs is 1. The van der Waals surface area contributed by atoms with Crippen molar-refractivity contribution in [2.24, 2.45) is 5.41 Å². The molecule has 1 aliphatic carbocycles. The van der Waals surface area contributed by atoms with Crippen molar-refractivity contribution >= 4 is 45.0 Å². The maximum atomic E-state index is 15.9. The maximum Gasteiger partial charge on any atom is 0.257 e. The third-order valence-corrected chi connectivity index (χ3v) is 6.89. The molecule has 2 aliphatic rings. The van der Waals surface area contributed by atoms with Crippen molar-refractivity contribution in [1.82, 2.24) is 9.88 Å². The summed E-state index contributed by atoms with van der Waals surface area (Å²) in [6.07, 6.45) is 1.33. The van der Waals surface area contributed by atoms with Crippen LogP contribution in [0.2, 0.25) is 10.0 Å². The number of carbonyl (C=O) groups excluding carboxylic acids is 1. The van der Waals surface area contributed by atoms with Crippen molar-refractivity contribution in [2.45, 2.75) is 25.1 Å². The molecule has 176 valence electrons. The molecule has 1 N–H and O–H groups in total. The molecule has 2 heterocycles. The molecule has 5 rings (SSSR count). The summed E-state index contributed by atoms with van der Waals surface area (Å²) in [4.78, 5) is 19.3. The second kappa shape index (κ2) is 8.88. The lowest BCUT2D eigenvalue weighted by atomic mass is 9.92. The van der Waals surface area contributed by atoms with Gasteiger partial charge < -0.3 is 9.84 Å². The molecule has 1 unspecified atom stereocenters. The normalized spacial score (nSPS) is 23.1. The van der Waals surface area contributed by atoms with Crippen LogP contribution in [0.1, 0.15) is 45.5 Å². The number of halogens is 4. The molecule has 0 spiro atoms. The fourth-order valence-corrected chi connectivity index (χ4v) is 4.70. The molecule has 2 aromatic carbocycles. The first kappa shape index (κ1) is 19.2. The number of aromatic nitrogens is 1. The van der Waals surface area contributed by atoms with Crippen LogP contribution in [-0.4, -0.2) is 34.0 Å². The molecule has 5 nitrogen and oxygen atoms in total.